The van der Waals surface area contributed by atoms with Crippen LogP contribution in [0.3, 0.4) is 0 Å². The molecule has 1 unspecified atom stereocenters. The van der Waals surface area contributed by atoms with Gasteiger partial charge in [0.2, 0.25) is 0 Å². The average Bonchev–Trinajstić information content (AvgIpc) is 3.34. The fourth-order valence-corrected chi connectivity index (χ4v) is 8.80. The Balaban J connectivity index is 1.31. The van der Waals surface area contributed by atoms with Gasteiger partial charge < -0.3 is 14.9 Å². The van der Waals surface area contributed by atoms with Crippen molar-refractivity contribution in [1.82, 2.24) is 0 Å². The molecular formula is C27H44O3. The zero-order chi connectivity index (χ0) is 21.3. The lowest BCUT2D eigenvalue weighted by atomic mass is 9.47. The Morgan fingerprint density at radius 3 is 2.60 bits per heavy atom. The Morgan fingerprint density at radius 2 is 1.87 bits per heavy atom. The van der Waals surface area contributed by atoms with E-state index in [1.165, 1.54) is 38.5 Å². The molecule has 0 spiro atoms. The maximum absolute atomic E-state index is 11.0. The fraction of sp³-hybridized carbons (Fsp3) is 0.926. The second-order valence-electron chi connectivity index (χ2n) is 12.6. The highest BCUT2D eigenvalue weighted by molar-refractivity contribution is 5.25. The highest BCUT2D eigenvalue weighted by Gasteiger charge is 2.59. The summed E-state index contributed by atoms with van der Waals surface area (Å²) in [5, 5.41) is 21.3. The van der Waals surface area contributed by atoms with E-state index in [0.29, 0.717) is 22.7 Å². The first-order valence-corrected chi connectivity index (χ1v) is 12.9. The van der Waals surface area contributed by atoms with Gasteiger partial charge in [0.05, 0.1) is 24.4 Å². The topological polar surface area (TPSA) is 53.0 Å². The van der Waals surface area contributed by atoms with Crippen LogP contribution in [0.15, 0.2) is 11.6 Å². The van der Waals surface area contributed by atoms with Crippen LogP contribution in [0.25, 0.3) is 0 Å². The Kier molecular flexibility index (Phi) is 5.24. The van der Waals surface area contributed by atoms with E-state index in [9.17, 15) is 10.2 Å². The molecule has 10 atom stereocenters. The standard InChI is InChI=1S/C27H44O3/c1-17(24(29)11-12-25(2)16-30-25)21-7-8-22-20-6-5-18-15-19(28)9-13-26(18,3)23(20)10-14-27(21,22)4/h5,17,19-24,28-29H,6-16H2,1-4H3/t17-,19-,20-,21+,22-,23-,24+,25?,26-,27+/m0/s1. The third kappa shape index (κ3) is 3.33. The van der Waals surface area contributed by atoms with E-state index in [1.807, 2.05) is 0 Å². The van der Waals surface area contributed by atoms with Gasteiger partial charge in [0, 0.05) is 0 Å². The van der Waals surface area contributed by atoms with E-state index in [4.69, 9.17) is 4.74 Å². The summed E-state index contributed by atoms with van der Waals surface area (Å²) < 4.78 is 5.54. The summed E-state index contributed by atoms with van der Waals surface area (Å²) >= 11 is 0. The number of epoxide rings is 1. The number of hydrogen-bond donors (Lipinski definition) is 2. The summed E-state index contributed by atoms with van der Waals surface area (Å²) in [5.74, 6) is 3.45. The summed E-state index contributed by atoms with van der Waals surface area (Å²) in [6.45, 7) is 10.5. The van der Waals surface area contributed by atoms with E-state index in [1.54, 1.807) is 5.57 Å². The summed E-state index contributed by atoms with van der Waals surface area (Å²) in [6, 6.07) is 0. The van der Waals surface area contributed by atoms with Crippen molar-refractivity contribution in [2.45, 2.75) is 110 Å². The Hall–Kier alpha value is -0.380. The van der Waals surface area contributed by atoms with Crippen molar-refractivity contribution in [2.75, 3.05) is 6.61 Å². The minimum atomic E-state index is -0.195. The minimum Gasteiger partial charge on any atom is -0.393 e. The molecule has 5 aliphatic rings. The van der Waals surface area contributed by atoms with Crippen molar-refractivity contribution in [2.24, 2.45) is 40.4 Å². The molecular weight excluding hydrogens is 372 g/mol. The number of aliphatic hydroxyl groups excluding tert-OH is 2. The van der Waals surface area contributed by atoms with E-state index in [-0.39, 0.29) is 17.8 Å². The highest BCUT2D eigenvalue weighted by Crippen LogP contribution is 2.67. The van der Waals surface area contributed by atoms with Crippen LogP contribution in [0, 0.1) is 40.4 Å². The second kappa shape index (κ2) is 7.32. The number of rotatable bonds is 5. The summed E-state index contributed by atoms with van der Waals surface area (Å²) in [5.41, 5.74) is 2.33. The maximum atomic E-state index is 11.0. The number of hydrogen-bond acceptors (Lipinski definition) is 3. The van der Waals surface area contributed by atoms with Gasteiger partial charge in [-0.2, -0.15) is 0 Å². The normalized spacial score (nSPS) is 51.9. The molecule has 0 aromatic rings. The van der Waals surface area contributed by atoms with Gasteiger partial charge >= 0.3 is 0 Å². The van der Waals surface area contributed by atoms with Crippen LogP contribution >= 0.6 is 0 Å². The minimum absolute atomic E-state index is 0.0516. The molecule has 30 heavy (non-hydrogen) atoms. The predicted molar refractivity (Wildman–Crippen MR) is 120 cm³/mol. The van der Waals surface area contributed by atoms with E-state index in [0.717, 1.165) is 50.0 Å². The molecule has 0 bridgehead atoms. The number of ether oxygens (including phenoxy) is 1. The molecule has 1 heterocycles. The molecule has 3 heteroatoms. The number of aliphatic hydroxyl groups is 2. The first kappa shape index (κ1) is 21.5. The number of allylic oxidation sites excluding steroid dienone is 1. The van der Waals surface area contributed by atoms with Gasteiger partial charge in [-0.25, -0.2) is 0 Å². The van der Waals surface area contributed by atoms with Crippen molar-refractivity contribution in [3.05, 3.63) is 11.6 Å². The SMILES string of the molecule is C[C@H]([C@H](O)CCC1(C)CO1)[C@H]1CC[C@H]2[C@@H]3CC=C4C[C@@H](O)CC[C@]4(C)[C@H]3CC[C@]12C. The smallest absolute Gasteiger partial charge is 0.0889 e. The lowest BCUT2D eigenvalue weighted by Gasteiger charge is -2.58. The predicted octanol–water partition coefficient (Wildman–Crippen LogP) is 5.49. The summed E-state index contributed by atoms with van der Waals surface area (Å²) in [4.78, 5) is 0. The molecule has 5 rings (SSSR count). The van der Waals surface area contributed by atoms with Crippen molar-refractivity contribution < 1.29 is 14.9 Å². The Labute approximate surface area is 183 Å². The molecule has 3 nitrogen and oxygen atoms in total. The van der Waals surface area contributed by atoms with Gasteiger partial charge in [-0.1, -0.05) is 32.4 Å². The molecule has 1 saturated heterocycles. The molecule has 4 aliphatic carbocycles. The molecule has 0 aromatic heterocycles. The van der Waals surface area contributed by atoms with Gasteiger partial charge in [0.15, 0.2) is 0 Å². The average molecular weight is 417 g/mol. The summed E-state index contributed by atoms with van der Waals surface area (Å²) in [7, 11) is 0. The third-order valence-corrected chi connectivity index (χ3v) is 11.0. The quantitative estimate of drug-likeness (QED) is 0.460. The molecule has 0 aromatic carbocycles. The molecule has 170 valence electrons. The van der Waals surface area contributed by atoms with Crippen molar-refractivity contribution in [3.63, 3.8) is 0 Å². The first-order valence-electron chi connectivity index (χ1n) is 12.9. The second-order valence-corrected chi connectivity index (χ2v) is 12.6. The van der Waals surface area contributed by atoms with Gasteiger partial charge in [0.25, 0.3) is 0 Å². The zero-order valence-electron chi connectivity index (χ0n) is 19.7. The van der Waals surface area contributed by atoms with Gasteiger partial charge in [-0.15, -0.1) is 0 Å². The van der Waals surface area contributed by atoms with Gasteiger partial charge in [-0.05, 0) is 112 Å². The van der Waals surface area contributed by atoms with E-state index in [2.05, 4.69) is 33.8 Å². The first-order chi connectivity index (χ1) is 14.2. The van der Waals surface area contributed by atoms with E-state index >= 15 is 0 Å². The lowest BCUT2D eigenvalue weighted by Crippen LogP contribution is -2.51. The van der Waals surface area contributed by atoms with Crippen LogP contribution in [-0.4, -0.2) is 34.6 Å². The molecule has 0 amide bonds. The van der Waals surface area contributed by atoms with Crippen LogP contribution in [0.5, 0.6) is 0 Å². The Morgan fingerprint density at radius 1 is 1.10 bits per heavy atom. The van der Waals surface area contributed by atoms with Crippen LogP contribution in [0.1, 0.15) is 91.9 Å². The highest BCUT2D eigenvalue weighted by atomic mass is 16.6. The van der Waals surface area contributed by atoms with Crippen LogP contribution in [0.2, 0.25) is 0 Å². The monoisotopic (exact) mass is 416 g/mol. The number of fused-ring (bicyclic) bond motifs is 5. The fourth-order valence-electron chi connectivity index (χ4n) is 8.80. The van der Waals surface area contributed by atoms with Crippen molar-refractivity contribution in [3.8, 4) is 0 Å². The zero-order valence-corrected chi connectivity index (χ0v) is 19.7. The molecule has 3 saturated carbocycles. The largest absolute Gasteiger partial charge is 0.393 e. The van der Waals surface area contributed by atoms with Crippen molar-refractivity contribution >= 4 is 0 Å². The Bertz CT molecular complexity index is 696. The molecule has 1 aliphatic heterocycles. The molecule has 2 N–H and O–H groups in total. The molecule has 0 radical (unpaired) electrons. The van der Waals surface area contributed by atoms with Gasteiger partial charge in [-0.3, -0.25) is 0 Å². The summed E-state index contributed by atoms with van der Waals surface area (Å²) in [6.07, 6.45) is 13.7. The van der Waals surface area contributed by atoms with Crippen molar-refractivity contribution in [1.29, 1.82) is 0 Å². The maximum Gasteiger partial charge on any atom is 0.0889 e. The van der Waals surface area contributed by atoms with E-state index < -0.39 is 0 Å². The lowest BCUT2D eigenvalue weighted by molar-refractivity contribution is -0.0682. The third-order valence-electron chi connectivity index (χ3n) is 11.0. The van der Waals surface area contributed by atoms with Gasteiger partial charge in [0.1, 0.15) is 0 Å². The molecule has 4 fully saturated rings. The van der Waals surface area contributed by atoms with Crippen LogP contribution in [0.4, 0.5) is 0 Å². The van der Waals surface area contributed by atoms with Crippen LogP contribution in [-0.2, 0) is 4.74 Å². The van der Waals surface area contributed by atoms with Crippen LogP contribution < -0.4 is 0 Å².